The van der Waals surface area contributed by atoms with Crippen LogP contribution in [0.25, 0.3) is 0 Å². The van der Waals surface area contributed by atoms with Crippen LogP contribution in [-0.2, 0) is 9.05 Å². The van der Waals surface area contributed by atoms with Crippen molar-refractivity contribution in [3.8, 4) is 6.07 Å². The van der Waals surface area contributed by atoms with Crippen LogP contribution < -0.4 is 0 Å². The van der Waals surface area contributed by atoms with Crippen molar-refractivity contribution in [3.05, 3.63) is 0 Å². The van der Waals surface area contributed by atoms with Crippen LogP contribution in [-0.4, -0.2) is 29.0 Å². The molecule has 0 amide bonds. The second-order valence-electron chi connectivity index (χ2n) is 5.79. The molecule has 0 N–H and O–H groups in total. The van der Waals surface area contributed by atoms with Crippen molar-refractivity contribution >= 4 is 8.53 Å². The molecular formula is C15H31N2O2P. The second-order valence-corrected chi connectivity index (χ2v) is 7.17. The van der Waals surface area contributed by atoms with Gasteiger partial charge in [0.1, 0.15) is 0 Å². The van der Waals surface area contributed by atoms with Gasteiger partial charge in [0.25, 0.3) is 8.53 Å². The summed E-state index contributed by atoms with van der Waals surface area (Å²) in [6.45, 7) is 15.5. The minimum absolute atomic E-state index is 0.166. The third kappa shape index (κ3) is 6.50. The SMILES string of the molecule is CCC(C)(CC)OP(OCCC#N)N(C(C)C)C(C)C. The Morgan fingerprint density at radius 1 is 1.15 bits per heavy atom. The first kappa shape index (κ1) is 19.8. The van der Waals surface area contributed by atoms with Gasteiger partial charge in [-0.3, -0.25) is 0 Å². The highest BCUT2D eigenvalue weighted by molar-refractivity contribution is 7.44. The molecule has 0 aliphatic heterocycles. The first-order valence-electron chi connectivity index (χ1n) is 7.58. The second kappa shape index (κ2) is 9.68. The molecule has 0 rings (SSSR count). The standard InChI is InChI=1S/C15H31N2O2P/c1-8-15(7,9-2)19-20(18-12-10-11-16)17(13(3)4)14(5)6/h13-14H,8-10,12H2,1-7H3. The fraction of sp³-hybridized carbons (Fsp3) is 0.933. The Kier molecular flexibility index (Phi) is 9.59. The van der Waals surface area contributed by atoms with Crippen LogP contribution in [0.4, 0.5) is 0 Å². The van der Waals surface area contributed by atoms with Crippen molar-refractivity contribution in [2.75, 3.05) is 6.61 Å². The van der Waals surface area contributed by atoms with Crippen molar-refractivity contribution in [2.24, 2.45) is 0 Å². The summed E-state index contributed by atoms with van der Waals surface area (Å²) >= 11 is 0. The van der Waals surface area contributed by atoms with Gasteiger partial charge >= 0.3 is 0 Å². The van der Waals surface area contributed by atoms with Crippen LogP contribution in [0.5, 0.6) is 0 Å². The van der Waals surface area contributed by atoms with Gasteiger partial charge in [-0.2, -0.15) is 5.26 Å². The molecule has 0 heterocycles. The number of hydrogen-bond donors (Lipinski definition) is 0. The maximum atomic E-state index is 8.68. The third-order valence-electron chi connectivity index (χ3n) is 3.46. The first-order chi connectivity index (χ1) is 9.31. The predicted octanol–water partition coefficient (Wildman–Crippen LogP) is 4.86. The zero-order valence-corrected chi connectivity index (χ0v) is 15.0. The molecule has 0 aliphatic rings. The van der Waals surface area contributed by atoms with Crippen LogP contribution in [0.15, 0.2) is 0 Å². The Morgan fingerprint density at radius 3 is 2.00 bits per heavy atom. The van der Waals surface area contributed by atoms with Crippen LogP contribution in [0.2, 0.25) is 0 Å². The average Bonchev–Trinajstić information content (AvgIpc) is 2.37. The van der Waals surface area contributed by atoms with Crippen LogP contribution >= 0.6 is 8.53 Å². The lowest BCUT2D eigenvalue weighted by Gasteiger charge is -2.40. The first-order valence-corrected chi connectivity index (χ1v) is 8.71. The lowest BCUT2D eigenvalue weighted by Crippen LogP contribution is -2.37. The molecular weight excluding hydrogens is 271 g/mol. The van der Waals surface area contributed by atoms with Crippen molar-refractivity contribution in [2.45, 2.75) is 85.4 Å². The van der Waals surface area contributed by atoms with E-state index in [0.717, 1.165) is 12.8 Å². The largest absolute Gasteiger partial charge is 0.321 e. The average molecular weight is 302 g/mol. The normalized spacial score (nSPS) is 14.1. The highest BCUT2D eigenvalue weighted by Gasteiger charge is 2.33. The van der Waals surface area contributed by atoms with Gasteiger partial charge in [-0.15, -0.1) is 0 Å². The molecule has 1 atom stereocenters. The lowest BCUT2D eigenvalue weighted by atomic mass is 10.0. The monoisotopic (exact) mass is 302 g/mol. The topological polar surface area (TPSA) is 45.5 Å². The highest BCUT2D eigenvalue weighted by Crippen LogP contribution is 2.50. The summed E-state index contributed by atoms with van der Waals surface area (Å²) in [7, 11) is -1.13. The molecule has 4 nitrogen and oxygen atoms in total. The van der Waals surface area contributed by atoms with E-state index in [4.69, 9.17) is 14.3 Å². The smallest absolute Gasteiger partial charge is 0.259 e. The summed E-state index contributed by atoms with van der Waals surface area (Å²) in [4.78, 5) is 0. The van der Waals surface area contributed by atoms with E-state index in [0.29, 0.717) is 25.1 Å². The summed E-state index contributed by atoms with van der Waals surface area (Å²) in [5.74, 6) is 0. The van der Waals surface area contributed by atoms with Gasteiger partial charge in [0.2, 0.25) is 0 Å². The molecule has 0 aliphatic carbocycles. The highest BCUT2D eigenvalue weighted by atomic mass is 31.2. The van der Waals surface area contributed by atoms with E-state index in [9.17, 15) is 0 Å². The molecule has 1 unspecified atom stereocenters. The fourth-order valence-corrected chi connectivity index (χ4v) is 3.77. The number of nitriles is 1. The van der Waals surface area contributed by atoms with Gasteiger partial charge in [0, 0.05) is 12.1 Å². The molecule has 5 heteroatoms. The van der Waals surface area contributed by atoms with Crippen molar-refractivity contribution < 1.29 is 9.05 Å². The van der Waals surface area contributed by atoms with E-state index in [1.807, 2.05) is 0 Å². The molecule has 0 aromatic rings. The Morgan fingerprint density at radius 2 is 1.65 bits per heavy atom. The maximum absolute atomic E-state index is 8.68. The number of nitrogens with zero attached hydrogens (tertiary/aromatic N) is 2. The number of hydrogen-bond acceptors (Lipinski definition) is 4. The molecule has 0 bridgehead atoms. The van der Waals surface area contributed by atoms with Crippen molar-refractivity contribution in [1.82, 2.24) is 4.67 Å². The zero-order valence-electron chi connectivity index (χ0n) is 14.1. The van der Waals surface area contributed by atoms with Gasteiger partial charge in [-0.05, 0) is 47.5 Å². The molecule has 0 saturated heterocycles. The summed E-state index contributed by atoms with van der Waals surface area (Å²) in [5.41, 5.74) is -0.166. The Hall–Kier alpha value is -0.200. The third-order valence-corrected chi connectivity index (χ3v) is 5.76. The Balaban J connectivity index is 5.00. The van der Waals surface area contributed by atoms with E-state index >= 15 is 0 Å². The Labute approximate surface area is 126 Å². The quantitative estimate of drug-likeness (QED) is 0.427. The van der Waals surface area contributed by atoms with Gasteiger partial charge in [0.05, 0.1) is 24.7 Å². The van der Waals surface area contributed by atoms with E-state index in [1.165, 1.54) is 0 Å². The lowest BCUT2D eigenvalue weighted by molar-refractivity contribution is 0.0510. The summed E-state index contributed by atoms with van der Waals surface area (Å²) in [5, 5.41) is 8.68. The fourth-order valence-electron chi connectivity index (χ4n) is 1.85. The van der Waals surface area contributed by atoms with E-state index in [-0.39, 0.29) is 5.60 Å². The van der Waals surface area contributed by atoms with E-state index in [2.05, 4.69) is 59.2 Å². The summed E-state index contributed by atoms with van der Waals surface area (Å²) in [6.07, 6.45) is 2.31. The summed E-state index contributed by atoms with van der Waals surface area (Å²) in [6, 6.07) is 2.82. The number of rotatable bonds is 10. The van der Waals surface area contributed by atoms with Crippen LogP contribution in [0.1, 0.15) is 67.7 Å². The van der Waals surface area contributed by atoms with Crippen molar-refractivity contribution in [1.29, 1.82) is 5.26 Å². The molecule has 0 radical (unpaired) electrons. The minimum atomic E-state index is -1.13. The molecule has 0 aromatic carbocycles. The minimum Gasteiger partial charge on any atom is -0.321 e. The molecule has 118 valence electrons. The molecule has 0 aromatic heterocycles. The van der Waals surface area contributed by atoms with Gasteiger partial charge in [-0.1, -0.05) is 13.8 Å². The van der Waals surface area contributed by atoms with E-state index in [1.54, 1.807) is 0 Å². The van der Waals surface area contributed by atoms with Crippen LogP contribution in [0, 0.1) is 11.3 Å². The molecule has 0 spiro atoms. The predicted molar refractivity (Wildman–Crippen MR) is 85.3 cm³/mol. The van der Waals surface area contributed by atoms with Gasteiger partial charge < -0.3 is 9.05 Å². The summed E-state index contributed by atoms with van der Waals surface area (Å²) < 4.78 is 14.5. The van der Waals surface area contributed by atoms with Crippen molar-refractivity contribution in [3.63, 3.8) is 0 Å². The van der Waals surface area contributed by atoms with Crippen LogP contribution in [0.3, 0.4) is 0 Å². The maximum Gasteiger partial charge on any atom is 0.259 e. The molecule has 20 heavy (non-hydrogen) atoms. The Bertz CT molecular complexity index is 291. The zero-order chi connectivity index (χ0) is 15.8. The molecule has 0 saturated carbocycles. The van der Waals surface area contributed by atoms with Gasteiger partial charge in [0.15, 0.2) is 0 Å². The van der Waals surface area contributed by atoms with E-state index < -0.39 is 8.53 Å². The molecule has 0 fully saturated rings. The van der Waals surface area contributed by atoms with Gasteiger partial charge in [-0.25, -0.2) is 4.67 Å².